The van der Waals surface area contributed by atoms with Crippen LogP contribution in [0.1, 0.15) is 44.6 Å². The van der Waals surface area contributed by atoms with Gasteiger partial charge < -0.3 is 20.2 Å². The van der Waals surface area contributed by atoms with Crippen LogP contribution in [0.5, 0.6) is 0 Å². The van der Waals surface area contributed by atoms with E-state index in [-0.39, 0.29) is 29.5 Å². The van der Waals surface area contributed by atoms with Crippen LogP contribution in [-0.2, 0) is 18.6 Å². The van der Waals surface area contributed by atoms with Crippen molar-refractivity contribution in [3.63, 3.8) is 0 Å². The van der Waals surface area contributed by atoms with Gasteiger partial charge in [0.1, 0.15) is 11.4 Å². The van der Waals surface area contributed by atoms with Gasteiger partial charge in [-0.25, -0.2) is 0 Å². The summed E-state index contributed by atoms with van der Waals surface area (Å²) in [6.45, 7) is 12.0. The van der Waals surface area contributed by atoms with Crippen molar-refractivity contribution < 1.29 is 9.52 Å². The molecule has 0 spiro atoms. The molecule has 30 heavy (non-hydrogen) atoms. The van der Waals surface area contributed by atoms with Gasteiger partial charge in [-0.2, -0.15) is 0 Å². The van der Waals surface area contributed by atoms with Crippen molar-refractivity contribution in [2.75, 3.05) is 26.2 Å². The molecule has 1 aliphatic rings. The van der Waals surface area contributed by atoms with E-state index in [0.717, 1.165) is 26.1 Å². The highest BCUT2D eigenvalue weighted by atomic mass is 127. The number of rotatable bonds is 7. The summed E-state index contributed by atoms with van der Waals surface area (Å²) in [5, 5.41) is 17.2. The lowest BCUT2D eigenvalue weighted by molar-refractivity contribution is 0.0385. The summed E-state index contributed by atoms with van der Waals surface area (Å²) in [6, 6.07) is 12.3. The van der Waals surface area contributed by atoms with Crippen LogP contribution in [0.25, 0.3) is 0 Å². The van der Waals surface area contributed by atoms with Crippen LogP contribution in [0.4, 0.5) is 0 Å². The number of hydrogen-bond donors (Lipinski definition) is 3. The number of benzene rings is 1. The first-order valence-corrected chi connectivity index (χ1v) is 10.4. The molecule has 0 bridgehead atoms. The second kappa shape index (κ2) is 10.6. The highest BCUT2D eigenvalue weighted by Gasteiger charge is 2.30. The molecule has 3 rings (SSSR count). The van der Waals surface area contributed by atoms with Gasteiger partial charge in [-0.15, -0.1) is 24.0 Å². The summed E-state index contributed by atoms with van der Waals surface area (Å²) in [7, 11) is 0. The third-order valence-electron chi connectivity index (χ3n) is 5.61. The number of nitrogens with zero attached hydrogens (tertiary/aromatic N) is 2. The molecule has 0 saturated carbocycles. The van der Waals surface area contributed by atoms with Gasteiger partial charge >= 0.3 is 0 Å². The van der Waals surface area contributed by atoms with Crippen molar-refractivity contribution in [2.45, 2.75) is 51.8 Å². The minimum atomic E-state index is -1.11. The van der Waals surface area contributed by atoms with Crippen LogP contribution in [0.15, 0.2) is 52.1 Å². The van der Waals surface area contributed by atoms with Crippen molar-refractivity contribution in [1.29, 1.82) is 0 Å². The topological polar surface area (TPSA) is 73.0 Å². The molecule has 1 aliphatic heterocycles. The van der Waals surface area contributed by atoms with Crippen molar-refractivity contribution in [2.24, 2.45) is 4.99 Å². The lowest BCUT2D eigenvalue weighted by Crippen LogP contribution is -2.50. The van der Waals surface area contributed by atoms with E-state index >= 15 is 0 Å². The van der Waals surface area contributed by atoms with Crippen LogP contribution < -0.4 is 10.6 Å². The van der Waals surface area contributed by atoms with Crippen molar-refractivity contribution in [3.8, 4) is 0 Å². The highest BCUT2D eigenvalue weighted by molar-refractivity contribution is 14.0. The molecule has 1 unspecified atom stereocenters. The quantitative estimate of drug-likeness (QED) is 0.293. The first-order valence-electron chi connectivity index (χ1n) is 10.4. The Bertz CT molecular complexity index is 818. The highest BCUT2D eigenvalue weighted by Crippen LogP contribution is 2.25. The Morgan fingerprint density at radius 2 is 1.87 bits per heavy atom. The molecule has 0 radical (unpaired) electrons. The Kier molecular flexibility index (Phi) is 8.75. The fourth-order valence-corrected chi connectivity index (χ4v) is 3.65. The summed E-state index contributed by atoms with van der Waals surface area (Å²) >= 11 is 0. The molecule has 7 heteroatoms. The minimum Gasteiger partial charge on any atom is -0.466 e. The van der Waals surface area contributed by atoms with Crippen molar-refractivity contribution >= 4 is 29.9 Å². The van der Waals surface area contributed by atoms with E-state index in [1.807, 2.05) is 6.92 Å². The third kappa shape index (κ3) is 6.21. The standard InChI is InChI=1S/C23H34N4O2.HI/c1-5-24-21(26-17-23(4,28)20-11-8-14-29-20)25-16-22(2,3)27-13-12-18-9-6-7-10-19(18)15-27;/h6-11,14,28H,5,12-13,15-17H2,1-4H3,(H2,24,25,26);1H. The molecule has 1 aromatic carbocycles. The van der Waals surface area contributed by atoms with Crippen LogP contribution in [-0.4, -0.2) is 47.7 Å². The SMILES string of the molecule is CCNC(=NCC(C)(C)N1CCc2ccccc2C1)NCC(C)(O)c1ccco1.I. The summed E-state index contributed by atoms with van der Waals surface area (Å²) in [5.74, 6) is 1.23. The van der Waals surface area contributed by atoms with Crippen molar-refractivity contribution in [3.05, 3.63) is 59.5 Å². The predicted octanol–water partition coefficient (Wildman–Crippen LogP) is 3.50. The summed E-state index contributed by atoms with van der Waals surface area (Å²) < 4.78 is 5.36. The second-order valence-electron chi connectivity index (χ2n) is 8.55. The number of guanidine groups is 1. The number of aliphatic hydroxyl groups is 1. The van der Waals surface area contributed by atoms with Gasteiger partial charge in [-0.05, 0) is 57.4 Å². The van der Waals surface area contributed by atoms with Gasteiger partial charge in [-0.1, -0.05) is 24.3 Å². The molecule has 0 saturated heterocycles. The van der Waals surface area contributed by atoms with Gasteiger partial charge in [-0.3, -0.25) is 9.89 Å². The number of nitrogens with one attached hydrogen (secondary N) is 2. The van der Waals surface area contributed by atoms with E-state index in [2.05, 4.69) is 53.6 Å². The van der Waals surface area contributed by atoms with Gasteiger partial charge in [0.05, 0.1) is 19.4 Å². The van der Waals surface area contributed by atoms with E-state index in [9.17, 15) is 5.11 Å². The van der Waals surface area contributed by atoms with Crippen LogP contribution in [0, 0.1) is 0 Å². The van der Waals surface area contributed by atoms with Gasteiger partial charge in [0, 0.05) is 25.2 Å². The van der Waals surface area contributed by atoms with E-state index < -0.39 is 5.60 Å². The average Bonchev–Trinajstić information content (AvgIpc) is 3.26. The summed E-state index contributed by atoms with van der Waals surface area (Å²) in [5.41, 5.74) is 1.69. The fraction of sp³-hybridized carbons (Fsp3) is 0.522. The minimum absolute atomic E-state index is 0. The molecule has 1 atom stereocenters. The molecule has 0 fully saturated rings. The molecular formula is C23H35IN4O2. The van der Waals surface area contributed by atoms with Gasteiger partial charge in [0.15, 0.2) is 5.96 Å². The van der Waals surface area contributed by atoms with E-state index in [0.29, 0.717) is 24.8 Å². The Morgan fingerprint density at radius 1 is 1.13 bits per heavy atom. The zero-order valence-electron chi connectivity index (χ0n) is 18.4. The number of hydrogen-bond acceptors (Lipinski definition) is 4. The molecule has 2 aromatic rings. The summed E-state index contributed by atoms with van der Waals surface area (Å²) in [6.07, 6.45) is 2.65. The fourth-order valence-electron chi connectivity index (χ4n) is 3.65. The lowest BCUT2D eigenvalue weighted by atomic mass is 9.94. The van der Waals surface area contributed by atoms with Crippen LogP contribution in [0.2, 0.25) is 0 Å². The molecule has 2 heterocycles. The van der Waals surface area contributed by atoms with Crippen molar-refractivity contribution in [1.82, 2.24) is 15.5 Å². The van der Waals surface area contributed by atoms with E-state index in [4.69, 9.17) is 9.41 Å². The molecule has 3 N–H and O–H groups in total. The lowest BCUT2D eigenvalue weighted by Gasteiger charge is -2.40. The zero-order valence-corrected chi connectivity index (χ0v) is 20.8. The molecule has 166 valence electrons. The Labute approximate surface area is 197 Å². The molecule has 0 amide bonds. The maximum absolute atomic E-state index is 10.7. The average molecular weight is 526 g/mol. The largest absolute Gasteiger partial charge is 0.466 e. The van der Waals surface area contributed by atoms with E-state index in [1.165, 1.54) is 11.1 Å². The Morgan fingerprint density at radius 3 is 2.53 bits per heavy atom. The maximum atomic E-state index is 10.7. The number of halogens is 1. The Balaban J connectivity index is 0.00000320. The van der Waals surface area contributed by atoms with Crippen LogP contribution >= 0.6 is 24.0 Å². The number of fused-ring (bicyclic) bond motifs is 1. The van der Waals surface area contributed by atoms with Gasteiger partial charge in [0.25, 0.3) is 0 Å². The smallest absolute Gasteiger partial charge is 0.191 e. The maximum Gasteiger partial charge on any atom is 0.191 e. The number of furan rings is 1. The first-order chi connectivity index (χ1) is 13.8. The Hall–Kier alpha value is -1.58. The molecular weight excluding hydrogens is 491 g/mol. The zero-order chi connectivity index (χ0) is 20.9. The first kappa shape index (κ1) is 24.7. The summed E-state index contributed by atoms with van der Waals surface area (Å²) in [4.78, 5) is 7.31. The molecule has 0 aliphatic carbocycles. The van der Waals surface area contributed by atoms with E-state index in [1.54, 1.807) is 25.3 Å². The third-order valence-corrected chi connectivity index (χ3v) is 5.61. The molecule has 6 nitrogen and oxygen atoms in total. The number of aliphatic imine (C=N–C) groups is 1. The van der Waals surface area contributed by atoms with Crippen LogP contribution in [0.3, 0.4) is 0 Å². The second-order valence-corrected chi connectivity index (χ2v) is 8.55. The van der Waals surface area contributed by atoms with Gasteiger partial charge in [0.2, 0.25) is 0 Å². The predicted molar refractivity (Wildman–Crippen MR) is 132 cm³/mol. The monoisotopic (exact) mass is 526 g/mol. The normalized spacial score (nSPS) is 16.9. The molecule has 1 aromatic heterocycles.